The van der Waals surface area contributed by atoms with Crippen molar-refractivity contribution in [1.82, 2.24) is 15.2 Å². The van der Waals surface area contributed by atoms with E-state index in [0.717, 1.165) is 12.2 Å². The molecule has 3 rings (SSSR count). The van der Waals surface area contributed by atoms with Crippen LogP contribution in [0.15, 0.2) is 18.3 Å². The van der Waals surface area contributed by atoms with Crippen molar-refractivity contribution in [2.24, 2.45) is 5.92 Å². The van der Waals surface area contributed by atoms with Crippen LogP contribution in [0, 0.1) is 12.8 Å². The lowest BCUT2D eigenvalue weighted by molar-refractivity contribution is -0.128. The second kappa shape index (κ2) is 7.11. The number of nitrogens with zero attached hydrogens (tertiary/aromatic N) is 2. The normalized spacial score (nSPS) is 22.4. The first-order valence-electron chi connectivity index (χ1n) is 8.63. The fourth-order valence-corrected chi connectivity index (χ4v) is 3.60. The van der Waals surface area contributed by atoms with Gasteiger partial charge in [-0.05, 0) is 37.8 Å². The average molecular weight is 315 g/mol. The SMILES string of the molecule is Cc1ccc(C(=O)N[C@@H]2CC(=O)N(CC3CCCCC3)C2)cn1. The van der Waals surface area contributed by atoms with E-state index in [1.807, 2.05) is 17.9 Å². The molecular weight excluding hydrogens is 290 g/mol. The first-order chi connectivity index (χ1) is 11.1. The van der Waals surface area contributed by atoms with E-state index in [0.29, 0.717) is 24.4 Å². The Kier molecular flexibility index (Phi) is 4.94. The molecule has 124 valence electrons. The first kappa shape index (κ1) is 16.0. The van der Waals surface area contributed by atoms with Gasteiger partial charge in [0, 0.05) is 31.4 Å². The molecule has 0 unspecified atom stereocenters. The molecule has 23 heavy (non-hydrogen) atoms. The lowest BCUT2D eigenvalue weighted by atomic mass is 9.89. The van der Waals surface area contributed by atoms with Crippen LogP contribution in [-0.2, 0) is 4.79 Å². The second-order valence-electron chi connectivity index (χ2n) is 6.87. The molecule has 0 bridgehead atoms. The first-order valence-corrected chi connectivity index (χ1v) is 8.63. The molecule has 5 nitrogen and oxygen atoms in total. The number of hydrogen-bond donors (Lipinski definition) is 1. The van der Waals surface area contributed by atoms with Crippen LogP contribution in [0.1, 0.15) is 54.6 Å². The molecule has 1 N–H and O–H groups in total. The number of aryl methyl sites for hydroxylation is 1. The lowest BCUT2D eigenvalue weighted by Gasteiger charge is -2.27. The predicted molar refractivity (Wildman–Crippen MR) is 88.0 cm³/mol. The Hall–Kier alpha value is -1.91. The molecule has 2 aliphatic rings. The minimum atomic E-state index is -0.144. The molecule has 5 heteroatoms. The number of nitrogens with one attached hydrogen (secondary N) is 1. The zero-order valence-corrected chi connectivity index (χ0v) is 13.8. The number of carbonyl (C=O) groups excluding carboxylic acids is 2. The zero-order valence-electron chi connectivity index (χ0n) is 13.8. The monoisotopic (exact) mass is 315 g/mol. The van der Waals surface area contributed by atoms with E-state index in [4.69, 9.17) is 0 Å². The number of likely N-dealkylation sites (tertiary alicyclic amines) is 1. The maximum absolute atomic E-state index is 12.2. The van der Waals surface area contributed by atoms with Crippen molar-refractivity contribution in [3.63, 3.8) is 0 Å². The molecule has 1 aromatic heterocycles. The van der Waals surface area contributed by atoms with Gasteiger partial charge in [-0.15, -0.1) is 0 Å². The molecule has 0 spiro atoms. The van der Waals surface area contributed by atoms with Crippen LogP contribution in [0.3, 0.4) is 0 Å². The molecular formula is C18H25N3O2. The van der Waals surface area contributed by atoms with Crippen LogP contribution in [-0.4, -0.2) is 40.8 Å². The van der Waals surface area contributed by atoms with Crippen molar-refractivity contribution >= 4 is 11.8 Å². The fraction of sp³-hybridized carbons (Fsp3) is 0.611. The largest absolute Gasteiger partial charge is 0.347 e. The van der Waals surface area contributed by atoms with Crippen molar-refractivity contribution in [1.29, 1.82) is 0 Å². The molecule has 1 atom stereocenters. The topological polar surface area (TPSA) is 62.3 Å². The van der Waals surface area contributed by atoms with Crippen LogP contribution < -0.4 is 5.32 Å². The summed E-state index contributed by atoms with van der Waals surface area (Å²) in [6.07, 6.45) is 8.36. The third kappa shape index (κ3) is 4.09. The van der Waals surface area contributed by atoms with Gasteiger partial charge in [0.05, 0.1) is 11.6 Å². The van der Waals surface area contributed by atoms with Crippen molar-refractivity contribution in [2.45, 2.75) is 51.5 Å². The number of carbonyl (C=O) groups is 2. The summed E-state index contributed by atoms with van der Waals surface area (Å²) in [6, 6.07) is 3.51. The highest BCUT2D eigenvalue weighted by Gasteiger charge is 2.32. The molecule has 0 aromatic carbocycles. The summed E-state index contributed by atoms with van der Waals surface area (Å²) >= 11 is 0. The smallest absolute Gasteiger partial charge is 0.253 e. The Labute approximate surface area is 137 Å². The molecule has 1 aliphatic heterocycles. The van der Waals surface area contributed by atoms with Crippen LogP contribution in [0.25, 0.3) is 0 Å². The Balaban J connectivity index is 1.52. The Bertz CT molecular complexity index is 564. The van der Waals surface area contributed by atoms with E-state index < -0.39 is 0 Å². The highest BCUT2D eigenvalue weighted by atomic mass is 16.2. The zero-order chi connectivity index (χ0) is 16.2. The molecule has 1 saturated carbocycles. The van der Waals surface area contributed by atoms with Gasteiger partial charge in [-0.25, -0.2) is 0 Å². The van der Waals surface area contributed by atoms with E-state index in [-0.39, 0.29) is 17.9 Å². The van der Waals surface area contributed by atoms with Crippen LogP contribution >= 0.6 is 0 Å². The van der Waals surface area contributed by atoms with Gasteiger partial charge in [0.25, 0.3) is 5.91 Å². The maximum Gasteiger partial charge on any atom is 0.253 e. The number of pyridine rings is 1. The summed E-state index contributed by atoms with van der Waals surface area (Å²) in [5.74, 6) is 0.668. The Morgan fingerprint density at radius 1 is 1.30 bits per heavy atom. The minimum Gasteiger partial charge on any atom is -0.347 e. The van der Waals surface area contributed by atoms with E-state index in [2.05, 4.69) is 10.3 Å². The summed E-state index contributed by atoms with van der Waals surface area (Å²) in [4.78, 5) is 30.5. The van der Waals surface area contributed by atoms with Crippen LogP contribution in [0.2, 0.25) is 0 Å². The minimum absolute atomic E-state index is 0.0834. The van der Waals surface area contributed by atoms with Crippen molar-refractivity contribution in [3.05, 3.63) is 29.6 Å². The van der Waals surface area contributed by atoms with Crippen molar-refractivity contribution < 1.29 is 9.59 Å². The highest BCUT2D eigenvalue weighted by molar-refractivity contribution is 5.94. The number of aromatic nitrogens is 1. The van der Waals surface area contributed by atoms with Crippen LogP contribution in [0.5, 0.6) is 0 Å². The summed E-state index contributed by atoms with van der Waals surface area (Å²) in [6.45, 7) is 3.39. The van der Waals surface area contributed by atoms with Gasteiger partial charge < -0.3 is 10.2 Å². The Morgan fingerprint density at radius 3 is 2.78 bits per heavy atom. The van der Waals surface area contributed by atoms with Gasteiger partial charge in [0.1, 0.15) is 0 Å². The number of rotatable bonds is 4. The molecule has 0 radical (unpaired) electrons. The molecule has 2 amide bonds. The van der Waals surface area contributed by atoms with E-state index in [1.165, 1.54) is 32.1 Å². The molecule has 1 saturated heterocycles. The van der Waals surface area contributed by atoms with Gasteiger partial charge in [-0.1, -0.05) is 19.3 Å². The maximum atomic E-state index is 12.2. The average Bonchev–Trinajstić information content (AvgIpc) is 2.88. The summed E-state index contributed by atoms with van der Waals surface area (Å²) in [7, 11) is 0. The standard InChI is InChI=1S/C18H25N3O2/c1-13-7-8-15(10-19-13)18(23)20-16-9-17(22)21(12-16)11-14-5-3-2-4-6-14/h7-8,10,14,16H,2-6,9,11-12H2,1H3,(H,20,23)/t16-/m1/s1. The van der Waals surface area contributed by atoms with Gasteiger partial charge in [-0.3, -0.25) is 14.6 Å². The van der Waals surface area contributed by atoms with E-state index >= 15 is 0 Å². The van der Waals surface area contributed by atoms with Gasteiger partial charge in [-0.2, -0.15) is 0 Å². The third-order valence-electron chi connectivity index (χ3n) is 4.93. The lowest BCUT2D eigenvalue weighted by Crippen LogP contribution is -2.38. The molecule has 1 aromatic rings. The third-order valence-corrected chi connectivity index (χ3v) is 4.93. The van der Waals surface area contributed by atoms with Crippen molar-refractivity contribution in [3.8, 4) is 0 Å². The molecule has 2 fully saturated rings. The molecule has 1 aliphatic carbocycles. The predicted octanol–water partition coefficient (Wildman–Crippen LogP) is 2.30. The summed E-state index contributed by atoms with van der Waals surface area (Å²) < 4.78 is 0. The second-order valence-corrected chi connectivity index (χ2v) is 6.87. The van der Waals surface area contributed by atoms with Gasteiger partial charge in [0.15, 0.2) is 0 Å². The molecule has 2 heterocycles. The quantitative estimate of drug-likeness (QED) is 0.927. The van der Waals surface area contributed by atoms with Crippen LogP contribution in [0.4, 0.5) is 0 Å². The highest BCUT2D eigenvalue weighted by Crippen LogP contribution is 2.26. The summed E-state index contributed by atoms with van der Waals surface area (Å²) in [5.41, 5.74) is 1.44. The van der Waals surface area contributed by atoms with E-state index in [9.17, 15) is 9.59 Å². The number of hydrogen-bond acceptors (Lipinski definition) is 3. The van der Waals surface area contributed by atoms with Crippen molar-refractivity contribution in [2.75, 3.05) is 13.1 Å². The Morgan fingerprint density at radius 2 is 2.09 bits per heavy atom. The van der Waals surface area contributed by atoms with E-state index in [1.54, 1.807) is 12.3 Å². The summed E-state index contributed by atoms with van der Waals surface area (Å²) in [5, 5.41) is 2.97. The van der Waals surface area contributed by atoms with Gasteiger partial charge >= 0.3 is 0 Å². The van der Waals surface area contributed by atoms with Gasteiger partial charge in [0.2, 0.25) is 5.91 Å². The fourth-order valence-electron chi connectivity index (χ4n) is 3.60. The number of amides is 2.